The fraction of sp³-hybridized carbons (Fsp3) is 0.333. The Hall–Kier alpha value is -1.87. The molecular formula is C21H27Cl3N4O3. The Kier molecular flexibility index (Phi) is 10.2. The summed E-state index contributed by atoms with van der Waals surface area (Å²) >= 11 is 6.13. The standard InChI is InChI=1S/C21H23ClN4O2.2ClH.H2O/c1-24-10-12-25(13-11-24)9-8-20(27)26-18-5-3-2-4-16(18)21(28)23-17-14-15(22)6-7-19(17)26;;;/h2-7,14H,8-13H2,1H3,(H,23,28);2*1H;1H2. The van der Waals surface area contributed by atoms with Crippen LogP contribution < -0.4 is 10.2 Å². The SMILES string of the molecule is CN1CCN(CCC(=O)N2c3ccc(Cl)cc3NC(=O)c3ccccc32)CC1.Cl.Cl.O. The molecule has 3 N–H and O–H groups in total. The number of hydrogen-bond acceptors (Lipinski definition) is 4. The van der Waals surface area contributed by atoms with Crippen LogP contribution in [-0.4, -0.2) is 66.9 Å². The fourth-order valence-corrected chi connectivity index (χ4v) is 3.86. The molecule has 31 heavy (non-hydrogen) atoms. The molecule has 2 aromatic carbocycles. The van der Waals surface area contributed by atoms with Crippen molar-refractivity contribution in [3.05, 3.63) is 53.1 Å². The molecule has 2 heterocycles. The molecule has 0 aromatic heterocycles. The van der Waals surface area contributed by atoms with Gasteiger partial charge in [-0.15, -0.1) is 24.8 Å². The lowest BCUT2D eigenvalue weighted by Gasteiger charge is -2.32. The number of anilines is 3. The summed E-state index contributed by atoms with van der Waals surface area (Å²) in [6.07, 6.45) is 0.383. The highest BCUT2D eigenvalue weighted by Gasteiger charge is 2.29. The third kappa shape index (κ3) is 5.88. The number of benzene rings is 2. The number of rotatable bonds is 3. The molecule has 2 amide bonds. The number of piperazine rings is 1. The van der Waals surface area contributed by atoms with E-state index < -0.39 is 0 Å². The van der Waals surface area contributed by atoms with Gasteiger partial charge in [-0.05, 0) is 37.4 Å². The number of amides is 2. The van der Waals surface area contributed by atoms with Crippen LogP contribution in [0.2, 0.25) is 5.02 Å². The minimum Gasteiger partial charge on any atom is -0.412 e. The topological polar surface area (TPSA) is 87.4 Å². The molecule has 170 valence electrons. The number of halogens is 3. The van der Waals surface area contributed by atoms with Gasteiger partial charge in [-0.1, -0.05) is 23.7 Å². The maximum atomic E-state index is 13.3. The average molecular weight is 490 g/mol. The molecule has 0 bridgehead atoms. The van der Waals surface area contributed by atoms with E-state index in [0.717, 1.165) is 26.2 Å². The Morgan fingerprint density at radius 1 is 1.03 bits per heavy atom. The van der Waals surface area contributed by atoms with Gasteiger partial charge >= 0.3 is 0 Å². The van der Waals surface area contributed by atoms with Gasteiger partial charge in [0.1, 0.15) is 0 Å². The highest BCUT2D eigenvalue weighted by molar-refractivity contribution is 6.31. The number of likely N-dealkylation sites (N-methyl/N-ethyl adjacent to an activating group) is 1. The zero-order chi connectivity index (χ0) is 19.7. The Morgan fingerprint density at radius 2 is 1.71 bits per heavy atom. The van der Waals surface area contributed by atoms with Crippen LogP contribution in [0.3, 0.4) is 0 Å². The first-order valence-electron chi connectivity index (χ1n) is 9.47. The van der Waals surface area contributed by atoms with Crippen LogP contribution in [0.25, 0.3) is 0 Å². The molecular weight excluding hydrogens is 463 g/mol. The van der Waals surface area contributed by atoms with Crippen LogP contribution >= 0.6 is 36.4 Å². The molecule has 0 saturated carbocycles. The van der Waals surface area contributed by atoms with E-state index in [1.54, 1.807) is 35.2 Å². The molecule has 1 saturated heterocycles. The van der Waals surface area contributed by atoms with Crippen LogP contribution in [-0.2, 0) is 4.79 Å². The Labute approximate surface area is 199 Å². The van der Waals surface area contributed by atoms with Crippen molar-refractivity contribution in [1.82, 2.24) is 9.80 Å². The molecule has 2 aromatic rings. The van der Waals surface area contributed by atoms with Crippen LogP contribution in [0.4, 0.5) is 17.1 Å². The normalized spacial score (nSPS) is 15.8. The highest BCUT2D eigenvalue weighted by atomic mass is 35.5. The molecule has 4 rings (SSSR count). The molecule has 0 atom stereocenters. The predicted molar refractivity (Wildman–Crippen MR) is 130 cm³/mol. The lowest BCUT2D eigenvalue weighted by molar-refractivity contribution is -0.118. The largest absolute Gasteiger partial charge is 0.412 e. The van der Waals surface area contributed by atoms with Gasteiger partial charge in [0.05, 0.1) is 22.6 Å². The van der Waals surface area contributed by atoms with Crippen LogP contribution in [0, 0.1) is 0 Å². The van der Waals surface area contributed by atoms with Crippen molar-refractivity contribution in [3.63, 3.8) is 0 Å². The van der Waals surface area contributed by atoms with E-state index in [-0.39, 0.29) is 42.1 Å². The van der Waals surface area contributed by atoms with E-state index in [9.17, 15) is 9.59 Å². The zero-order valence-corrected chi connectivity index (χ0v) is 19.5. The second kappa shape index (κ2) is 11.7. The molecule has 10 heteroatoms. The summed E-state index contributed by atoms with van der Waals surface area (Å²) in [7, 11) is 2.11. The van der Waals surface area contributed by atoms with Crippen molar-refractivity contribution in [3.8, 4) is 0 Å². The number of carbonyl (C=O) groups is 2. The molecule has 0 unspecified atom stereocenters. The second-order valence-electron chi connectivity index (χ2n) is 7.26. The van der Waals surface area contributed by atoms with Gasteiger partial charge in [0.15, 0.2) is 0 Å². The van der Waals surface area contributed by atoms with Crippen molar-refractivity contribution < 1.29 is 15.1 Å². The lowest BCUT2D eigenvalue weighted by atomic mass is 10.1. The molecule has 7 nitrogen and oxygen atoms in total. The van der Waals surface area contributed by atoms with Crippen LogP contribution in [0.1, 0.15) is 16.8 Å². The monoisotopic (exact) mass is 488 g/mol. The molecule has 2 aliphatic rings. The van der Waals surface area contributed by atoms with Crippen LogP contribution in [0.5, 0.6) is 0 Å². The van der Waals surface area contributed by atoms with Gasteiger partial charge in [-0.25, -0.2) is 0 Å². The van der Waals surface area contributed by atoms with Gasteiger partial charge in [-0.2, -0.15) is 0 Å². The first-order valence-corrected chi connectivity index (χ1v) is 9.84. The summed E-state index contributed by atoms with van der Waals surface area (Å²) < 4.78 is 0. The van der Waals surface area contributed by atoms with E-state index in [1.165, 1.54) is 0 Å². The zero-order valence-electron chi connectivity index (χ0n) is 17.1. The third-order valence-corrected chi connectivity index (χ3v) is 5.56. The first-order chi connectivity index (χ1) is 13.5. The maximum Gasteiger partial charge on any atom is 0.257 e. The molecule has 2 aliphatic heterocycles. The van der Waals surface area contributed by atoms with E-state index in [4.69, 9.17) is 11.6 Å². The van der Waals surface area contributed by atoms with E-state index >= 15 is 0 Å². The summed E-state index contributed by atoms with van der Waals surface area (Å²) in [6.45, 7) is 4.66. The molecule has 0 spiro atoms. The van der Waals surface area contributed by atoms with Crippen molar-refractivity contribution in [2.45, 2.75) is 6.42 Å². The Bertz CT molecular complexity index is 920. The quantitative estimate of drug-likeness (QED) is 0.717. The van der Waals surface area contributed by atoms with E-state index in [1.807, 2.05) is 12.1 Å². The van der Waals surface area contributed by atoms with Gasteiger partial charge < -0.3 is 20.6 Å². The van der Waals surface area contributed by atoms with Gasteiger partial charge in [-0.3, -0.25) is 14.5 Å². The van der Waals surface area contributed by atoms with Crippen molar-refractivity contribution in [2.24, 2.45) is 0 Å². The number of nitrogens with zero attached hydrogens (tertiary/aromatic N) is 3. The fourth-order valence-electron chi connectivity index (χ4n) is 3.69. The first kappa shape index (κ1) is 27.2. The average Bonchev–Trinajstić information content (AvgIpc) is 2.81. The van der Waals surface area contributed by atoms with Crippen molar-refractivity contribution >= 4 is 65.3 Å². The summed E-state index contributed by atoms with van der Waals surface area (Å²) in [4.78, 5) is 32.2. The summed E-state index contributed by atoms with van der Waals surface area (Å²) in [5.74, 6) is -0.278. The number of para-hydroxylation sites is 1. The number of fused-ring (bicyclic) bond motifs is 2. The Balaban J connectivity index is 0.00000160. The number of nitrogens with one attached hydrogen (secondary N) is 1. The van der Waals surface area contributed by atoms with Crippen molar-refractivity contribution in [1.29, 1.82) is 0 Å². The highest BCUT2D eigenvalue weighted by Crippen LogP contribution is 2.39. The Morgan fingerprint density at radius 3 is 2.42 bits per heavy atom. The van der Waals surface area contributed by atoms with E-state index in [2.05, 4.69) is 22.2 Å². The predicted octanol–water partition coefficient (Wildman–Crippen LogP) is 3.23. The van der Waals surface area contributed by atoms with E-state index in [0.29, 0.717) is 40.6 Å². The third-order valence-electron chi connectivity index (χ3n) is 5.32. The second-order valence-corrected chi connectivity index (χ2v) is 7.69. The molecule has 0 aliphatic carbocycles. The maximum absolute atomic E-state index is 13.3. The van der Waals surface area contributed by atoms with Gasteiger partial charge in [0.25, 0.3) is 5.91 Å². The minimum absolute atomic E-state index is 0. The summed E-state index contributed by atoms with van der Waals surface area (Å²) in [5, 5.41) is 3.39. The number of carbonyl (C=O) groups excluding carboxylic acids is 2. The smallest absolute Gasteiger partial charge is 0.257 e. The minimum atomic E-state index is -0.242. The summed E-state index contributed by atoms with van der Waals surface area (Å²) in [6, 6.07) is 12.4. The van der Waals surface area contributed by atoms with Gasteiger partial charge in [0, 0.05) is 44.2 Å². The van der Waals surface area contributed by atoms with Crippen LogP contribution in [0.15, 0.2) is 42.5 Å². The number of hydrogen-bond donors (Lipinski definition) is 1. The molecule has 1 fully saturated rings. The lowest BCUT2D eigenvalue weighted by Crippen LogP contribution is -2.45. The van der Waals surface area contributed by atoms with Crippen molar-refractivity contribution in [2.75, 3.05) is 50.0 Å². The summed E-state index contributed by atoms with van der Waals surface area (Å²) in [5.41, 5.74) is 2.26. The van der Waals surface area contributed by atoms with Gasteiger partial charge in [0.2, 0.25) is 5.91 Å². The molecule has 0 radical (unpaired) electrons.